The molecule has 4 rings (SSSR count). The van der Waals surface area contributed by atoms with E-state index in [-0.39, 0.29) is 5.92 Å². The topological polar surface area (TPSA) is 54.5 Å². The Morgan fingerprint density at radius 1 is 1.33 bits per heavy atom. The molecule has 1 aromatic heterocycles. The summed E-state index contributed by atoms with van der Waals surface area (Å²) in [7, 11) is 1.68. The highest BCUT2D eigenvalue weighted by molar-refractivity contribution is 5.79. The molecule has 0 radical (unpaired) electrons. The first-order valence-electron chi connectivity index (χ1n) is 9.24. The fraction of sp³-hybridized carbons (Fsp3) is 0.684. The Morgan fingerprint density at radius 3 is 2.83 bits per heavy atom. The summed E-state index contributed by atoms with van der Waals surface area (Å²) in [6.45, 7) is 2.84. The molecule has 24 heavy (non-hydrogen) atoms. The average Bonchev–Trinajstić information content (AvgIpc) is 3.29. The summed E-state index contributed by atoms with van der Waals surface area (Å²) < 4.78 is 5.29. The van der Waals surface area contributed by atoms with Gasteiger partial charge < -0.3 is 10.1 Å². The van der Waals surface area contributed by atoms with Crippen molar-refractivity contribution in [2.24, 2.45) is 17.8 Å². The van der Waals surface area contributed by atoms with Gasteiger partial charge in [0, 0.05) is 43.9 Å². The fourth-order valence-electron chi connectivity index (χ4n) is 4.07. The highest BCUT2D eigenvalue weighted by Gasteiger charge is 2.43. The van der Waals surface area contributed by atoms with Crippen LogP contribution in [0.3, 0.4) is 0 Å². The molecular formula is C19H27N3O2. The van der Waals surface area contributed by atoms with Gasteiger partial charge in [-0.3, -0.25) is 14.7 Å². The number of amides is 1. The molecule has 1 aliphatic heterocycles. The van der Waals surface area contributed by atoms with Crippen LogP contribution in [0.2, 0.25) is 0 Å². The van der Waals surface area contributed by atoms with Gasteiger partial charge in [0.2, 0.25) is 5.91 Å². The molecule has 3 fully saturated rings. The number of carbonyl (C=O) groups excluding carboxylic acids is 1. The number of ether oxygens (including phenoxy) is 1. The Kier molecular flexibility index (Phi) is 4.44. The van der Waals surface area contributed by atoms with Crippen molar-refractivity contribution in [3.8, 4) is 5.75 Å². The zero-order chi connectivity index (χ0) is 16.5. The largest absolute Gasteiger partial charge is 0.497 e. The van der Waals surface area contributed by atoms with Gasteiger partial charge in [0.25, 0.3) is 0 Å². The van der Waals surface area contributed by atoms with E-state index in [1.807, 2.05) is 12.1 Å². The van der Waals surface area contributed by atoms with Crippen LogP contribution in [0.15, 0.2) is 18.3 Å². The van der Waals surface area contributed by atoms with Crippen LogP contribution in [0.25, 0.3) is 0 Å². The molecule has 1 N–H and O–H groups in total. The predicted octanol–water partition coefficient (Wildman–Crippen LogP) is 2.22. The van der Waals surface area contributed by atoms with Crippen molar-refractivity contribution in [1.29, 1.82) is 0 Å². The zero-order valence-corrected chi connectivity index (χ0v) is 14.4. The van der Waals surface area contributed by atoms with Crippen molar-refractivity contribution in [3.05, 3.63) is 24.0 Å². The normalized spacial score (nSPS) is 27.7. The second kappa shape index (κ2) is 6.71. The van der Waals surface area contributed by atoms with Crippen LogP contribution in [0, 0.1) is 17.8 Å². The SMILES string of the molecule is COc1ccnc(CN2C[C@H](NC(=O)C3CCC3)[C@@H](C3CC3)C2)c1. The van der Waals surface area contributed by atoms with E-state index in [9.17, 15) is 4.79 Å². The number of nitrogens with zero attached hydrogens (tertiary/aromatic N) is 2. The van der Waals surface area contributed by atoms with Gasteiger partial charge in [-0.1, -0.05) is 6.42 Å². The van der Waals surface area contributed by atoms with Crippen molar-refractivity contribution in [1.82, 2.24) is 15.2 Å². The van der Waals surface area contributed by atoms with Crippen LogP contribution >= 0.6 is 0 Å². The van der Waals surface area contributed by atoms with Gasteiger partial charge in [0.15, 0.2) is 0 Å². The predicted molar refractivity (Wildman–Crippen MR) is 91.6 cm³/mol. The van der Waals surface area contributed by atoms with Gasteiger partial charge in [0.1, 0.15) is 5.75 Å². The Hall–Kier alpha value is -1.62. The standard InChI is InChI=1S/C19H27N3O2/c1-24-16-7-8-20-15(9-16)10-22-11-17(13-5-6-13)18(12-22)21-19(23)14-3-2-4-14/h7-9,13-14,17-18H,2-6,10-12H2,1H3,(H,21,23)/t17-,18+/m1/s1. The monoisotopic (exact) mass is 329 g/mol. The summed E-state index contributed by atoms with van der Waals surface area (Å²) in [6.07, 6.45) is 7.81. The van der Waals surface area contributed by atoms with Crippen molar-refractivity contribution in [2.75, 3.05) is 20.2 Å². The maximum atomic E-state index is 12.4. The van der Waals surface area contributed by atoms with E-state index < -0.39 is 0 Å². The third-order valence-electron chi connectivity index (χ3n) is 5.88. The molecule has 0 bridgehead atoms. The lowest BCUT2D eigenvalue weighted by Gasteiger charge is -2.28. The van der Waals surface area contributed by atoms with E-state index >= 15 is 0 Å². The molecule has 1 aromatic rings. The molecule has 0 spiro atoms. The Balaban J connectivity index is 1.39. The molecule has 1 amide bonds. The molecule has 0 aromatic carbocycles. The van der Waals surface area contributed by atoms with Crippen LogP contribution < -0.4 is 10.1 Å². The number of likely N-dealkylation sites (tertiary alicyclic amines) is 1. The molecule has 2 aliphatic carbocycles. The van der Waals surface area contributed by atoms with Crippen LogP contribution in [0.4, 0.5) is 0 Å². The molecule has 2 atom stereocenters. The first kappa shape index (κ1) is 15.9. The quantitative estimate of drug-likeness (QED) is 0.869. The third-order valence-corrected chi connectivity index (χ3v) is 5.88. The van der Waals surface area contributed by atoms with Crippen LogP contribution in [0.1, 0.15) is 37.8 Å². The third kappa shape index (κ3) is 3.41. The van der Waals surface area contributed by atoms with Crippen LogP contribution in [-0.4, -0.2) is 42.0 Å². The molecule has 0 unspecified atom stereocenters. The maximum Gasteiger partial charge on any atom is 0.223 e. The van der Waals surface area contributed by atoms with Crippen molar-refractivity contribution < 1.29 is 9.53 Å². The minimum atomic E-state index is 0.277. The van der Waals surface area contributed by atoms with Gasteiger partial charge in [-0.2, -0.15) is 0 Å². The molecule has 3 aliphatic rings. The summed E-state index contributed by atoms with van der Waals surface area (Å²) in [5, 5.41) is 3.36. The minimum Gasteiger partial charge on any atom is -0.497 e. The molecule has 5 nitrogen and oxygen atoms in total. The first-order chi connectivity index (χ1) is 11.7. The number of pyridine rings is 1. The molecule has 2 saturated carbocycles. The van der Waals surface area contributed by atoms with E-state index in [1.165, 1.54) is 19.3 Å². The molecule has 130 valence electrons. The summed E-state index contributed by atoms with van der Waals surface area (Å²) in [5.74, 6) is 2.84. The van der Waals surface area contributed by atoms with Crippen LogP contribution in [0.5, 0.6) is 5.75 Å². The minimum absolute atomic E-state index is 0.277. The molecule has 2 heterocycles. The maximum absolute atomic E-state index is 12.4. The van der Waals surface area contributed by atoms with Gasteiger partial charge in [-0.15, -0.1) is 0 Å². The first-order valence-corrected chi connectivity index (χ1v) is 9.24. The highest BCUT2D eigenvalue weighted by Crippen LogP contribution is 2.42. The van der Waals surface area contributed by atoms with Gasteiger partial charge >= 0.3 is 0 Å². The Bertz CT molecular complexity index is 598. The lowest BCUT2D eigenvalue weighted by Crippen LogP contribution is -2.45. The van der Waals surface area contributed by atoms with Crippen molar-refractivity contribution >= 4 is 5.91 Å². The number of methoxy groups -OCH3 is 1. The zero-order valence-electron chi connectivity index (χ0n) is 14.4. The summed E-state index contributed by atoms with van der Waals surface area (Å²) in [5.41, 5.74) is 1.04. The number of nitrogens with one attached hydrogen (secondary N) is 1. The lowest BCUT2D eigenvalue weighted by atomic mass is 9.84. The lowest BCUT2D eigenvalue weighted by molar-refractivity contribution is -0.128. The number of hydrogen-bond acceptors (Lipinski definition) is 4. The molecule has 5 heteroatoms. The highest BCUT2D eigenvalue weighted by atomic mass is 16.5. The van der Waals surface area contributed by atoms with E-state index in [0.717, 1.165) is 49.8 Å². The van der Waals surface area contributed by atoms with E-state index in [1.54, 1.807) is 13.3 Å². The van der Waals surface area contributed by atoms with E-state index in [4.69, 9.17) is 4.74 Å². The summed E-state index contributed by atoms with van der Waals surface area (Å²) in [6, 6.07) is 4.20. The summed E-state index contributed by atoms with van der Waals surface area (Å²) >= 11 is 0. The fourth-order valence-corrected chi connectivity index (χ4v) is 4.07. The summed E-state index contributed by atoms with van der Waals surface area (Å²) in [4.78, 5) is 19.3. The van der Waals surface area contributed by atoms with E-state index in [2.05, 4.69) is 15.2 Å². The van der Waals surface area contributed by atoms with Gasteiger partial charge in [-0.05, 0) is 43.6 Å². The van der Waals surface area contributed by atoms with Gasteiger partial charge in [0.05, 0.1) is 12.8 Å². The number of hydrogen-bond donors (Lipinski definition) is 1. The number of aromatic nitrogens is 1. The average molecular weight is 329 g/mol. The van der Waals surface area contributed by atoms with E-state index in [0.29, 0.717) is 17.9 Å². The number of rotatable bonds is 6. The van der Waals surface area contributed by atoms with Crippen molar-refractivity contribution in [3.63, 3.8) is 0 Å². The molecular weight excluding hydrogens is 302 g/mol. The second-order valence-corrected chi connectivity index (χ2v) is 7.63. The second-order valence-electron chi connectivity index (χ2n) is 7.63. The Morgan fingerprint density at radius 2 is 2.17 bits per heavy atom. The Labute approximate surface area is 143 Å². The smallest absolute Gasteiger partial charge is 0.223 e. The number of carbonyl (C=O) groups is 1. The molecule has 1 saturated heterocycles. The van der Waals surface area contributed by atoms with Crippen molar-refractivity contribution in [2.45, 2.75) is 44.7 Å². The van der Waals surface area contributed by atoms with Crippen LogP contribution in [-0.2, 0) is 11.3 Å². The van der Waals surface area contributed by atoms with Gasteiger partial charge in [-0.25, -0.2) is 0 Å².